The number of H-pyrrole nitrogens is 1. The SMILES string of the molecule is COc1cc(CNCc2nc[nH]c2C)cc(OC)c1OC. The highest BCUT2D eigenvalue weighted by Crippen LogP contribution is 2.38. The van der Waals surface area contributed by atoms with Crippen LogP contribution in [0.2, 0.25) is 0 Å². The first-order valence-electron chi connectivity index (χ1n) is 6.68. The van der Waals surface area contributed by atoms with Gasteiger partial charge >= 0.3 is 0 Å². The van der Waals surface area contributed by atoms with Gasteiger partial charge in [-0.2, -0.15) is 0 Å². The van der Waals surface area contributed by atoms with E-state index >= 15 is 0 Å². The van der Waals surface area contributed by atoms with E-state index < -0.39 is 0 Å². The predicted octanol–water partition coefficient (Wildman–Crippen LogP) is 2.03. The fraction of sp³-hybridized carbons (Fsp3) is 0.400. The van der Waals surface area contributed by atoms with Crippen LogP contribution in [0.3, 0.4) is 0 Å². The molecule has 0 fully saturated rings. The maximum absolute atomic E-state index is 5.34. The van der Waals surface area contributed by atoms with Crippen LogP contribution in [0.1, 0.15) is 17.0 Å². The highest BCUT2D eigenvalue weighted by atomic mass is 16.5. The van der Waals surface area contributed by atoms with Crippen molar-refractivity contribution in [3.05, 3.63) is 35.4 Å². The molecule has 0 spiro atoms. The van der Waals surface area contributed by atoms with E-state index in [2.05, 4.69) is 15.3 Å². The molecule has 0 saturated heterocycles. The van der Waals surface area contributed by atoms with Crippen LogP contribution in [0.15, 0.2) is 18.5 Å². The minimum atomic E-state index is 0.604. The van der Waals surface area contributed by atoms with Crippen molar-refractivity contribution in [2.75, 3.05) is 21.3 Å². The zero-order valence-corrected chi connectivity index (χ0v) is 12.8. The van der Waals surface area contributed by atoms with Crippen LogP contribution in [0, 0.1) is 6.92 Å². The molecule has 0 saturated carbocycles. The molecule has 0 bridgehead atoms. The van der Waals surface area contributed by atoms with Gasteiger partial charge in [0.25, 0.3) is 0 Å². The fourth-order valence-corrected chi connectivity index (χ4v) is 2.13. The molecule has 1 aromatic heterocycles. The summed E-state index contributed by atoms with van der Waals surface area (Å²) in [6, 6.07) is 3.87. The summed E-state index contributed by atoms with van der Waals surface area (Å²) in [7, 11) is 4.82. The zero-order chi connectivity index (χ0) is 15.2. The first-order chi connectivity index (χ1) is 10.2. The minimum Gasteiger partial charge on any atom is -0.493 e. The van der Waals surface area contributed by atoms with E-state index in [1.807, 2.05) is 19.1 Å². The first-order valence-corrected chi connectivity index (χ1v) is 6.68. The van der Waals surface area contributed by atoms with Crippen molar-refractivity contribution in [3.63, 3.8) is 0 Å². The second-order valence-electron chi connectivity index (χ2n) is 4.61. The van der Waals surface area contributed by atoms with E-state index in [1.54, 1.807) is 27.7 Å². The Balaban J connectivity index is 2.08. The van der Waals surface area contributed by atoms with Crippen molar-refractivity contribution in [2.24, 2.45) is 0 Å². The van der Waals surface area contributed by atoms with Gasteiger partial charge in [-0.1, -0.05) is 0 Å². The molecule has 1 heterocycles. The smallest absolute Gasteiger partial charge is 0.203 e. The summed E-state index contributed by atoms with van der Waals surface area (Å²) in [4.78, 5) is 7.32. The number of rotatable bonds is 7. The van der Waals surface area contributed by atoms with Crippen LogP contribution in [0.25, 0.3) is 0 Å². The first kappa shape index (κ1) is 15.2. The number of methoxy groups -OCH3 is 3. The molecular weight excluding hydrogens is 270 g/mol. The van der Waals surface area contributed by atoms with Gasteiger partial charge in [-0.15, -0.1) is 0 Å². The second-order valence-corrected chi connectivity index (χ2v) is 4.61. The van der Waals surface area contributed by atoms with Gasteiger partial charge < -0.3 is 24.5 Å². The van der Waals surface area contributed by atoms with E-state index in [4.69, 9.17) is 14.2 Å². The number of aromatic amines is 1. The molecule has 0 aliphatic rings. The lowest BCUT2D eigenvalue weighted by molar-refractivity contribution is 0.323. The van der Waals surface area contributed by atoms with Gasteiger partial charge in [0.1, 0.15) is 0 Å². The van der Waals surface area contributed by atoms with Crippen molar-refractivity contribution in [1.82, 2.24) is 15.3 Å². The Kier molecular flexibility index (Phi) is 5.05. The third-order valence-electron chi connectivity index (χ3n) is 3.28. The second kappa shape index (κ2) is 6.99. The molecule has 21 heavy (non-hydrogen) atoms. The third-order valence-corrected chi connectivity index (χ3v) is 3.28. The summed E-state index contributed by atoms with van der Waals surface area (Å²) < 4.78 is 16.0. The van der Waals surface area contributed by atoms with Crippen molar-refractivity contribution in [1.29, 1.82) is 0 Å². The fourth-order valence-electron chi connectivity index (χ4n) is 2.13. The quantitative estimate of drug-likeness (QED) is 0.817. The molecule has 114 valence electrons. The lowest BCUT2D eigenvalue weighted by Gasteiger charge is -2.14. The normalized spacial score (nSPS) is 10.5. The molecule has 0 atom stereocenters. The molecule has 6 nitrogen and oxygen atoms in total. The zero-order valence-electron chi connectivity index (χ0n) is 12.8. The Morgan fingerprint density at radius 1 is 1.05 bits per heavy atom. The van der Waals surface area contributed by atoms with Gasteiger partial charge in [0.05, 0.1) is 33.4 Å². The van der Waals surface area contributed by atoms with Crippen LogP contribution < -0.4 is 19.5 Å². The van der Waals surface area contributed by atoms with Crippen molar-refractivity contribution in [3.8, 4) is 17.2 Å². The molecule has 2 N–H and O–H groups in total. The summed E-state index contributed by atoms with van der Waals surface area (Å²) in [5.74, 6) is 1.92. The predicted molar refractivity (Wildman–Crippen MR) is 80.0 cm³/mol. The average Bonchev–Trinajstić information content (AvgIpc) is 2.91. The molecule has 1 aromatic carbocycles. The van der Waals surface area contributed by atoms with E-state index in [9.17, 15) is 0 Å². The van der Waals surface area contributed by atoms with Crippen molar-refractivity contribution < 1.29 is 14.2 Å². The molecule has 0 aliphatic heterocycles. The Labute approximate surface area is 124 Å². The average molecular weight is 291 g/mol. The minimum absolute atomic E-state index is 0.604. The molecule has 0 amide bonds. The van der Waals surface area contributed by atoms with E-state index in [0.717, 1.165) is 17.0 Å². The summed E-state index contributed by atoms with van der Waals surface area (Å²) in [5.41, 5.74) is 3.15. The largest absolute Gasteiger partial charge is 0.493 e. The molecule has 0 unspecified atom stereocenters. The summed E-state index contributed by atoms with van der Waals surface area (Å²) in [6.07, 6.45) is 1.70. The topological polar surface area (TPSA) is 68.4 Å². The highest BCUT2D eigenvalue weighted by molar-refractivity contribution is 5.53. The Hall–Kier alpha value is -2.21. The van der Waals surface area contributed by atoms with Crippen LogP contribution in [0.4, 0.5) is 0 Å². The summed E-state index contributed by atoms with van der Waals surface area (Å²) in [6.45, 7) is 3.39. The summed E-state index contributed by atoms with van der Waals surface area (Å²) in [5, 5.41) is 3.35. The molecule has 2 rings (SSSR count). The monoisotopic (exact) mass is 291 g/mol. The number of hydrogen-bond donors (Lipinski definition) is 2. The van der Waals surface area contributed by atoms with E-state index in [-0.39, 0.29) is 0 Å². The molecule has 0 aliphatic carbocycles. The maximum atomic E-state index is 5.34. The van der Waals surface area contributed by atoms with Gasteiger partial charge in [-0.05, 0) is 24.6 Å². The number of nitrogens with zero attached hydrogens (tertiary/aromatic N) is 1. The molecule has 2 aromatic rings. The van der Waals surface area contributed by atoms with Crippen LogP contribution in [-0.4, -0.2) is 31.3 Å². The number of aryl methyl sites for hydroxylation is 1. The van der Waals surface area contributed by atoms with Gasteiger partial charge in [-0.3, -0.25) is 0 Å². The van der Waals surface area contributed by atoms with E-state index in [1.165, 1.54) is 0 Å². The van der Waals surface area contributed by atoms with E-state index in [0.29, 0.717) is 30.3 Å². The highest BCUT2D eigenvalue weighted by Gasteiger charge is 2.13. The number of ether oxygens (including phenoxy) is 3. The molecule has 6 heteroatoms. The lowest BCUT2D eigenvalue weighted by atomic mass is 10.1. The number of imidazole rings is 1. The van der Waals surface area contributed by atoms with Gasteiger partial charge in [0.2, 0.25) is 5.75 Å². The van der Waals surface area contributed by atoms with Gasteiger partial charge in [0, 0.05) is 18.8 Å². The van der Waals surface area contributed by atoms with Gasteiger partial charge in [-0.25, -0.2) is 4.98 Å². The lowest BCUT2D eigenvalue weighted by Crippen LogP contribution is -2.14. The number of benzene rings is 1. The number of nitrogens with one attached hydrogen (secondary N) is 2. The molecule has 0 radical (unpaired) electrons. The Morgan fingerprint density at radius 3 is 2.19 bits per heavy atom. The maximum Gasteiger partial charge on any atom is 0.203 e. The van der Waals surface area contributed by atoms with Crippen molar-refractivity contribution >= 4 is 0 Å². The van der Waals surface area contributed by atoms with Gasteiger partial charge in [0.15, 0.2) is 11.5 Å². The van der Waals surface area contributed by atoms with Crippen LogP contribution in [0.5, 0.6) is 17.2 Å². The van der Waals surface area contributed by atoms with Crippen molar-refractivity contribution in [2.45, 2.75) is 20.0 Å². The Morgan fingerprint density at radius 2 is 1.71 bits per heavy atom. The standard InChI is InChI=1S/C15H21N3O3/c1-10-12(18-9-17-10)8-16-7-11-5-13(19-2)15(21-4)14(6-11)20-3/h5-6,9,16H,7-8H2,1-4H3,(H,17,18). The molecular formula is C15H21N3O3. The Bertz CT molecular complexity index is 571. The number of aromatic nitrogens is 2. The van der Waals surface area contributed by atoms with Crippen LogP contribution in [-0.2, 0) is 13.1 Å². The van der Waals surface area contributed by atoms with Crippen LogP contribution >= 0.6 is 0 Å². The third kappa shape index (κ3) is 3.46. The number of hydrogen-bond acceptors (Lipinski definition) is 5. The summed E-state index contributed by atoms with van der Waals surface area (Å²) >= 11 is 0.